The largest absolute Gasteiger partial charge is 0.316 e. The molecule has 1 aromatic heterocycles. The Kier molecular flexibility index (Phi) is 5.71. The Hall–Kier alpha value is -2.84. The van der Waals surface area contributed by atoms with E-state index in [2.05, 4.69) is 4.99 Å². The van der Waals surface area contributed by atoms with Crippen molar-refractivity contribution < 1.29 is 14.1 Å². The van der Waals surface area contributed by atoms with Gasteiger partial charge in [0.15, 0.2) is 4.80 Å². The third-order valence-electron chi connectivity index (χ3n) is 4.10. The number of carbonyl (C=O) groups excluding carboxylic acids is 1. The van der Waals surface area contributed by atoms with Crippen LogP contribution in [0.2, 0.25) is 5.02 Å². The highest BCUT2D eigenvalue weighted by Gasteiger charge is 2.17. The van der Waals surface area contributed by atoms with Crippen molar-refractivity contribution in [2.24, 2.45) is 4.99 Å². The number of aryl methyl sites for hydroxylation is 1. The van der Waals surface area contributed by atoms with Crippen LogP contribution in [0.3, 0.4) is 0 Å². The van der Waals surface area contributed by atoms with Crippen molar-refractivity contribution in [2.75, 3.05) is 0 Å². The van der Waals surface area contributed by atoms with Crippen molar-refractivity contribution in [1.82, 2.24) is 4.57 Å². The summed E-state index contributed by atoms with van der Waals surface area (Å²) >= 11 is 7.12. The zero-order chi connectivity index (χ0) is 20.4. The normalized spacial score (nSPS) is 11.6. The zero-order valence-electron chi connectivity index (χ0n) is 15.0. The average Bonchev–Trinajstić information content (AvgIpc) is 2.97. The highest BCUT2D eigenvalue weighted by molar-refractivity contribution is 7.09. The molecule has 2 aromatic carbocycles. The second-order valence-electron chi connectivity index (χ2n) is 5.88. The Bertz CT molecular complexity index is 1140. The fourth-order valence-electron chi connectivity index (χ4n) is 2.81. The van der Waals surface area contributed by atoms with Gasteiger partial charge < -0.3 is 4.57 Å². The first-order valence-corrected chi connectivity index (χ1v) is 9.50. The molecule has 1 amide bonds. The first-order chi connectivity index (χ1) is 13.3. The van der Waals surface area contributed by atoms with Gasteiger partial charge in [-0.15, -0.1) is 11.3 Å². The Morgan fingerprint density at radius 3 is 2.57 bits per heavy atom. The Morgan fingerprint density at radius 2 is 1.96 bits per heavy atom. The van der Waals surface area contributed by atoms with Gasteiger partial charge in [0.1, 0.15) is 10.8 Å². The van der Waals surface area contributed by atoms with E-state index in [1.54, 1.807) is 12.1 Å². The number of halogens is 2. The van der Waals surface area contributed by atoms with Crippen molar-refractivity contribution in [1.29, 1.82) is 0 Å². The number of nitro benzene ring substituents is 1. The van der Waals surface area contributed by atoms with Crippen LogP contribution in [0.5, 0.6) is 0 Å². The molecule has 9 heteroatoms. The quantitative estimate of drug-likeness (QED) is 0.441. The number of amides is 1. The molecular formula is C19H15ClFN3O3S. The molecule has 3 aromatic rings. The van der Waals surface area contributed by atoms with Crippen LogP contribution in [-0.4, -0.2) is 15.4 Å². The number of rotatable bonds is 4. The molecule has 144 valence electrons. The van der Waals surface area contributed by atoms with E-state index in [9.17, 15) is 19.3 Å². The number of hydrogen-bond acceptors (Lipinski definition) is 4. The van der Waals surface area contributed by atoms with Gasteiger partial charge in [-0.2, -0.15) is 4.99 Å². The summed E-state index contributed by atoms with van der Waals surface area (Å²) in [5.74, 6) is -0.932. The lowest BCUT2D eigenvalue weighted by Gasteiger charge is -2.07. The van der Waals surface area contributed by atoms with Crippen LogP contribution in [0, 0.1) is 22.9 Å². The van der Waals surface area contributed by atoms with Crippen LogP contribution in [-0.2, 0) is 6.54 Å². The summed E-state index contributed by atoms with van der Waals surface area (Å²) in [6.07, 6.45) is 0. The van der Waals surface area contributed by atoms with Crippen LogP contribution < -0.4 is 4.80 Å². The SMILES string of the molecule is CCn1c(-c2ccc(F)cc2)c(C)sc1=NC(=O)c1ccc(Cl)c([N+](=O)[O-])c1. The van der Waals surface area contributed by atoms with Crippen LogP contribution in [0.1, 0.15) is 22.2 Å². The van der Waals surface area contributed by atoms with E-state index < -0.39 is 10.8 Å². The molecule has 0 saturated carbocycles. The first kappa shape index (κ1) is 19.9. The van der Waals surface area contributed by atoms with Gasteiger partial charge in [0.05, 0.1) is 10.6 Å². The molecule has 0 fully saturated rings. The number of aromatic nitrogens is 1. The Labute approximate surface area is 168 Å². The van der Waals surface area contributed by atoms with Gasteiger partial charge in [-0.25, -0.2) is 4.39 Å². The highest BCUT2D eigenvalue weighted by Crippen LogP contribution is 2.27. The maximum Gasteiger partial charge on any atom is 0.288 e. The lowest BCUT2D eigenvalue weighted by atomic mass is 10.1. The van der Waals surface area contributed by atoms with Crippen LogP contribution >= 0.6 is 22.9 Å². The number of thiazole rings is 1. The molecule has 0 bridgehead atoms. The number of benzene rings is 2. The van der Waals surface area contributed by atoms with E-state index in [0.29, 0.717) is 11.3 Å². The third-order valence-corrected chi connectivity index (χ3v) is 5.41. The predicted molar refractivity (Wildman–Crippen MR) is 106 cm³/mol. The summed E-state index contributed by atoms with van der Waals surface area (Å²) in [5.41, 5.74) is 1.39. The van der Waals surface area contributed by atoms with E-state index in [1.807, 2.05) is 18.4 Å². The van der Waals surface area contributed by atoms with Crippen LogP contribution in [0.4, 0.5) is 10.1 Å². The molecule has 1 heterocycles. The van der Waals surface area contributed by atoms with Gasteiger partial charge in [-0.3, -0.25) is 14.9 Å². The molecule has 0 N–H and O–H groups in total. The standard InChI is InChI=1S/C19H15ClFN3O3S/c1-3-23-17(12-4-7-14(21)8-5-12)11(2)28-19(23)22-18(25)13-6-9-15(20)16(10-13)24(26)27/h4-10H,3H2,1-2H3. The minimum absolute atomic E-state index is 0.0456. The fraction of sp³-hybridized carbons (Fsp3) is 0.158. The first-order valence-electron chi connectivity index (χ1n) is 8.31. The predicted octanol–water partition coefficient (Wildman–Crippen LogP) is 4.99. The molecule has 3 rings (SSSR count). The van der Waals surface area contributed by atoms with Gasteiger partial charge in [-0.05, 0) is 55.8 Å². The van der Waals surface area contributed by atoms with Gasteiger partial charge in [0.25, 0.3) is 11.6 Å². The molecule has 6 nitrogen and oxygen atoms in total. The van der Waals surface area contributed by atoms with E-state index in [0.717, 1.165) is 22.2 Å². The number of nitro groups is 1. The molecule has 0 spiro atoms. The van der Waals surface area contributed by atoms with Crippen molar-refractivity contribution in [3.63, 3.8) is 0 Å². The summed E-state index contributed by atoms with van der Waals surface area (Å²) in [6.45, 7) is 4.35. The molecule has 0 aliphatic carbocycles. The summed E-state index contributed by atoms with van der Waals surface area (Å²) in [5, 5.41) is 11.0. The Morgan fingerprint density at radius 1 is 1.29 bits per heavy atom. The minimum Gasteiger partial charge on any atom is -0.316 e. The summed E-state index contributed by atoms with van der Waals surface area (Å²) in [6, 6.07) is 9.92. The zero-order valence-corrected chi connectivity index (χ0v) is 16.6. The van der Waals surface area contributed by atoms with E-state index >= 15 is 0 Å². The highest BCUT2D eigenvalue weighted by atomic mass is 35.5. The van der Waals surface area contributed by atoms with E-state index in [-0.39, 0.29) is 22.1 Å². The molecule has 0 saturated heterocycles. The van der Waals surface area contributed by atoms with Crippen LogP contribution in [0.25, 0.3) is 11.3 Å². The summed E-state index contributed by atoms with van der Waals surface area (Å²) < 4.78 is 15.1. The second-order valence-corrected chi connectivity index (χ2v) is 7.47. The second kappa shape index (κ2) is 8.04. The molecule has 0 unspecified atom stereocenters. The number of carbonyl (C=O) groups is 1. The van der Waals surface area contributed by atoms with Crippen molar-refractivity contribution in [3.05, 3.63) is 78.7 Å². The lowest BCUT2D eigenvalue weighted by Crippen LogP contribution is -2.17. The van der Waals surface area contributed by atoms with Gasteiger partial charge in [0.2, 0.25) is 0 Å². The lowest BCUT2D eigenvalue weighted by molar-refractivity contribution is -0.384. The number of nitrogens with zero attached hydrogens (tertiary/aromatic N) is 3. The fourth-order valence-corrected chi connectivity index (χ4v) is 4.05. The van der Waals surface area contributed by atoms with Crippen molar-refractivity contribution in [2.45, 2.75) is 20.4 Å². The van der Waals surface area contributed by atoms with Crippen molar-refractivity contribution >= 4 is 34.5 Å². The maximum atomic E-state index is 13.2. The van der Waals surface area contributed by atoms with Gasteiger partial charge in [0, 0.05) is 23.1 Å². The van der Waals surface area contributed by atoms with Gasteiger partial charge >= 0.3 is 0 Å². The third kappa shape index (κ3) is 3.88. The minimum atomic E-state index is -0.646. The smallest absolute Gasteiger partial charge is 0.288 e. The average molecular weight is 420 g/mol. The monoisotopic (exact) mass is 419 g/mol. The number of hydrogen-bond donors (Lipinski definition) is 0. The van der Waals surface area contributed by atoms with Crippen LogP contribution in [0.15, 0.2) is 47.5 Å². The summed E-state index contributed by atoms with van der Waals surface area (Å²) in [4.78, 5) is 28.5. The van der Waals surface area contributed by atoms with Crippen molar-refractivity contribution in [3.8, 4) is 11.3 Å². The Balaban J connectivity index is 2.09. The maximum absolute atomic E-state index is 13.2. The molecule has 0 radical (unpaired) electrons. The van der Waals surface area contributed by atoms with E-state index in [4.69, 9.17) is 11.6 Å². The summed E-state index contributed by atoms with van der Waals surface area (Å²) in [7, 11) is 0. The molecule has 0 atom stereocenters. The molecular weight excluding hydrogens is 405 g/mol. The van der Waals surface area contributed by atoms with E-state index in [1.165, 1.54) is 35.6 Å². The molecule has 0 aliphatic rings. The molecule has 0 aliphatic heterocycles. The topological polar surface area (TPSA) is 77.5 Å². The molecule has 28 heavy (non-hydrogen) atoms. The van der Waals surface area contributed by atoms with Gasteiger partial charge in [-0.1, -0.05) is 11.6 Å².